The van der Waals surface area contributed by atoms with E-state index in [-0.39, 0.29) is 87.9 Å². The molecule has 0 spiro atoms. The van der Waals surface area contributed by atoms with E-state index in [1.807, 2.05) is 29.0 Å². The van der Waals surface area contributed by atoms with Crippen molar-refractivity contribution in [2.45, 2.75) is 220 Å². The predicted octanol–water partition coefficient (Wildman–Crippen LogP) is -6.59. The maximum Gasteiger partial charge on any atom is 0.407 e. The van der Waals surface area contributed by atoms with Gasteiger partial charge in [-0.05, 0) is 124 Å². The third-order valence-corrected chi connectivity index (χ3v) is 25.9. The number of amides is 18. The summed E-state index contributed by atoms with van der Waals surface area (Å²) in [6.07, 6.45) is 1.54. The van der Waals surface area contributed by atoms with Crippen LogP contribution in [-0.4, -0.2) is 377 Å². The number of hydrogen-bond donors (Lipinski definition) is 31. The number of imide groups is 1. The summed E-state index contributed by atoms with van der Waals surface area (Å²) in [6, 6.07) is -1.42. The first-order valence-corrected chi connectivity index (χ1v) is 50.3. The molecule has 18 amide bonds. The van der Waals surface area contributed by atoms with Gasteiger partial charge in [-0.25, -0.2) is 14.4 Å². The highest BCUT2D eigenvalue weighted by Crippen LogP contribution is 2.45. The first-order chi connectivity index (χ1) is 71.8. The number of nitrogens with zero attached hydrogens (tertiary/aromatic N) is 2. The number of aromatic amines is 2. The Bertz CT molecular complexity index is 5630. The molecule has 1 aliphatic heterocycles. The Morgan fingerprint density at radius 2 is 0.900 bits per heavy atom. The summed E-state index contributed by atoms with van der Waals surface area (Å²) >= 11 is 8.43. The number of H-pyrrole nitrogens is 2. The number of likely N-dealkylation sites (tertiary alicyclic amines) is 1. The molecule has 8 rings (SSSR count). The number of carbonyl (C=O) groups excluding carboxylic acids is 17. The number of carboxylic acids is 1. The number of thiol groups is 2. The Kier molecular flexibility index (Phi) is 49.0. The summed E-state index contributed by atoms with van der Waals surface area (Å²) in [4.78, 5) is 261. The number of carbonyl (C=O) groups is 18. The van der Waals surface area contributed by atoms with E-state index in [2.05, 4.69) is 127 Å². The quantitative estimate of drug-likeness (QED) is 0.00959. The van der Waals surface area contributed by atoms with Gasteiger partial charge < -0.3 is 157 Å². The van der Waals surface area contributed by atoms with E-state index in [0.29, 0.717) is 54.4 Å². The molecule has 50 nitrogen and oxygen atoms in total. The van der Waals surface area contributed by atoms with Crippen LogP contribution in [0.3, 0.4) is 0 Å². The molecule has 52 heteroatoms. The fraction of sp³-hybridized carbons (Fsp3) is 0.510. The Morgan fingerprint density at radius 1 is 0.480 bits per heavy atom. The van der Waals surface area contributed by atoms with E-state index < -0.39 is 280 Å². The number of ether oxygens (including phenoxy) is 1. The number of para-hydroxylation sites is 1. The van der Waals surface area contributed by atoms with E-state index >= 15 is 9.59 Å². The minimum atomic E-state index is -2.06. The molecule has 2 unspecified atom stereocenters. The van der Waals surface area contributed by atoms with Gasteiger partial charge in [0.2, 0.25) is 88.6 Å². The van der Waals surface area contributed by atoms with E-state index in [9.17, 15) is 128 Å². The molecule has 0 radical (unpaired) electrons. The Morgan fingerprint density at radius 3 is 1.39 bits per heavy atom. The number of carboxylic acid groups (broad SMARTS) is 1. The fourth-order valence-corrected chi connectivity index (χ4v) is 17.6. The minimum absolute atomic E-state index is 0.0481. The highest BCUT2D eigenvalue weighted by atomic mass is 32.1. The number of nitrogens with one attached hydrogen (secondary N) is 18. The maximum atomic E-state index is 15.1. The van der Waals surface area contributed by atoms with Gasteiger partial charge in [0.1, 0.15) is 90.3 Å². The van der Waals surface area contributed by atoms with Crippen molar-refractivity contribution in [3.05, 3.63) is 150 Å². The van der Waals surface area contributed by atoms with Gasteiger partial charge in [-0.1, -0.05) is 98.6 Å². The minimum Gasteiger partial charge on any atom is -0.508 e. The largest absolute Gasteiger partial charge is 0.508 e. The zero-order valence-corrected chi connectivity index (χ0v) is 85.0. The fourth-order valence-electron chi connectivity index (χ4n) is 17.1. The molecule has 20 atom stereocenters. The highest BCUT2D eigenvalue weighted by molar-refractivity contribution is 7.80. The molecule has 1 saturated heterocycles. The molecule has 820 valence electrons. The first-order valence-electron chi connectivity index (χ1n) is 49.0. The SMILES string of the molecule is C=CCN1C[C@H](C(=O)N(CCCOC(=O)N[C@H](CO)C(=O)N[C@H](CO)C(=O)N[C@H](CO)C(=O)N[C@H](CO)C(=O)N[C@H](CO)C(=O)N[C@@H](CCCC)C(=O)N[C@H](Cc2ccc(O)cc2)C(=O)N[C@H](CO)C(=O)N[C@@H](CS)C(=O)N[C@@H](Cc2ccccc2)C(=O)N[C@H](Cc2c[nH]c3ccccc23)C(=O)N[C@@H](CCCCN)C(=O)N[C@H](C(=O)N[C@@H](CS)C(=O)N[C@H](C(=O)O)[C@@H](C)O)[C@@H](C)O)C(=O)NCC)CC2c3cccc4[nH]cc(c34)CC21. The average molecular weight is 2140 g/mol. The number of aromatic nitrogens is 2. The summed E-state index contributed by atoms with van der Waals surface area (Å²) in [6.45, 7) is 2.80. The van der Waals surface area contributed by atoms with Crippen LogP contribution in [0.4, 0.5) is 9.59 Å². The van der Waals surface area contributed by atoms with Crippen LogP contribution in [0.25, 0.3) is 21.8 Å². The number of nitrogens with two attached hydrogens (primary N) is 1. The van der Waals surface area contributed by atoms with Crippen LogP contribution in [0.2, 0.25) is 0 Å². The van der Waals surface area contributed by atoms with Gasteiger partial charge in [-0.2, -0.15) is 25.3 Å². The normalized spacial score (nSPS) is 17.0. The summed E-state index contributed by atoms with van der Waals surface area (Å²) in [5.74, 6) is -20.6. The van der Waals surface area contributed by atoms with Crippen LogP contribution in [-0.2, 0) is 107 Å². The van der Waals surface area contributed by atoms with Crippen LogP contribution in [0, 0.1) is 5.92 Å². The monoisotopic (exact) mass is 2140 g/mol. The Balaban J connectivity index is 0.879. The van der Waals surface area contributed by atoms with Crippen LogP contribution in [0.1, 0.15) is 113 Å². The number of benzene rings is 4. The lowest BCUT2D eigenvalue weighted by molar-refractivity contribution is -0.145. The molecule has 1 aliphatic carbocycles. The summed E-state index contributed by atoms with van der Waals surface area (Å²) < 4.78 is 5.26. The standard InChI is InChI=1S/C98H137N21O29S2/c1-6-9-23-64(104-86(134)69(43-120)109-87(135)70(44-121)110-88(136)71(45-122)111-89(137)72(46-123)112-91(139)74(48-125)115-98(147)148-34-18-33-119(97(146)100-8-3)95(143)57-37-61-60-22-17-26-63-78(60)56(41-102-63)39-77(61)118(42-57)32-7-2)81(129)105-67(36-54-27-29-58(128)30-28-54)84(132)108-73(47-124)90(138)113-75(49-149)92(140)106-66(35-53-19-11-10-12-20-53)83(131)107-68(38-55-40-101-62-24-14-13-21-59(55)62)85(133)103-65(25-15-16-31-99)82(130)116-79(51(4)126)94(142)114-76(50-150)93(141)117-80(52(5)127)96(144)145/h7,10-14,17,19-22,24,26-30,40-41,51-52,57,61,64-77,79-80,101-102,120-128,149-150H,2,6,8-9,15-16,18,23,25,31-39,42-50,99H2,1,3-5H3,(H,100,146)(H,103,133)(H,104,134)(H,105,129)(H,106,140)(H,107,131)(H,108,132)(H,109,135)(H,110,136)(H,111,137)(H,112,139)(H,113,138)(H,114,142)(H,115,147)(H,116,130)(H,117,141)(H,144,145)/t51-,52-,57-,61?,64+,65+,66+,67-,68-,69-,70-,71-,72-,73-,74-,75+,76+,77?,79+,80+/m1/s1. The summed E-state index contributed by atoms with van der Waals surface area (Å²) in [5.41, 5.74) is 10.9. The number of aliphatic hydroxyl groups excluding tert-OH is 8. The van der Waals surface area contributed by atoms with Crippen molar-refractivity contribution >= 4 is 154 Å². The second kappa shape index (κ2) is 60.6. The van der Waals surface area contributed by atoms with E-state index in [1.54, 1.807) is 80.7 Å². The summed E-state index contributed by atoms with van der Waals surface area (Å²) in [5, 5.41) is 142. The van der Waals surface area contributed by atoms with Gasteiger partial charge >= 0.3 is 18.1 Å². The summed E-state index contributed by atoms with van der Waals surface area (Å²) in [7, 11) is 0. The van der Waals surface area contributed by atoms with Crippen molar-refractivity contribution in [2.24, 2.45) is 11.7 Å². The molecule has 4 aromatic carbocycles. The number of hydrogen-bond acceptors (Lipinski definition) is 32. The number of urea groups is 1. The number of phenols is 1. The average Bonchev–Trinajstić information content (AvgIpc) is 1.55. The molecule has 0 bridgehead atoms. The molecule has 2 aliphatic rings. The second-order valence-electron chi connectivity index (χ2n) is 36.2. The topological polar surface area (TPSA) is 775 Å². The van der Waals surface area contributed by atoms with Crippen LogP contribution in [0.5, 0.6) is 5.75 Å². The molecule has 3 heterocycles. The number of phenolic OH excluding ortho intramolecular Hbond substituents is 1. The lowest BCUT2D eigenvalue weighted by Gasteiger charge is -2.47. The van der Waals surface area contributed by atoms with Crippen LogP contribution >= 0.6 is 25.3 Å². The van der Waals surface area contributed by atoms with Gasteiger partial charge in [-0.3, -0.25) is 81.7 Å². The first kappa shape index (κ1) is 121. The number of aliphatic carboxylic acids is 1. The van der Waals surface area contributed by atoms with Gasteiger partial charge in [-0.15, -0.1) is 6.58 Å². The number of aliphatic hydroxyl groups is 8. The number of rotatable bonds is 61. The maximum absolute atomic E-state index is 15.1. The zero-order chi connectivity index (χ0) is 110. The number of piperidine rings is 1. The molecular formula is C98H137N21O29S2. The van der Waals surface area contributed by atoms with E-state index in [4.69, 9.17) is 10.5 Å². The number of unbranched alkanes of at least 4 members (excludes halogenated alkanes) is 2. The smallest absolute Gasteiger partial charge is 0.407 e. The van der Waals surface area contributed by atoms with Crippen molar-refractivity contribution in [1.82, 2.24) is 105 Å². The van der Waals surface area contributed by atoms with Crippen LogP contribution < -0.4 is 90.8 Å². The van der Waals surface area contributed by atoms with Gasteiger partial charge in [0.15, 0.2) is 6.04 Å². The van der Waals surface area contributed by atoms with Crippen molar-refractivity contribution in [3.8, 4) is 5.75 Å². The third-order valence-electron chi connectivity index (χ3n) is 25.2. The van der Waals surface area contributed by atoms with Gasteiger partial charge in [0, 0.05) is 103 Å². The van der Waals surface area contributed by atoms with Crippen molar-refractivity contribution in [1.29, 1.82) is 0 Å². The third kappa shape index (κ3) is 34.8. The van der Waals surface area contributed by atoms with Crippen molar-refractivity contribution < 1.29 is 142 Å². The lowest BCUT2D eigenvalue weighted by atomic mass is 9.72. The molecule has 0 saturated carbocycles. The highest BCUT2D eigenvalue weighted by Gasteiger charge is 2.46. The Hall–Kier alpha value is -13.9. The van der Waals surface area contributed by atoms with E-state index in [1.165, 1.54) is 29.8 Å². The van der Waals surface area contributed by atoms with E-state index in [0.717, 1.165) is 41.6 Å². The molecule has 1 fully saturated rings. The van der Waals surface area contributed by atoms with Crippen LogP contribution in [0.15, 0.2) is 122 Å². The Labute approximate surface area is 873 Å². The second-order valence-corrected chi connectivity index (χ2v) is 36.9. The predicted molar refractivity (Wildman–Crippen MR) is 547 cm³/mol. The molecular weight excluding hydrogens is 2000 g/mol. The molecule has 30 N–H and O–H groups in total. The number of alkyl carbamates (subject to hydrolysis) is 1. The number of aromatic hydroxyl groups is 1. The zero-order valence-electron chi connectivity index (χ0n) is 83.2. The lowest BCUT2D eigenvalue weighted by Crippen LogP contribution is -2.62. The molecule has 2 aromatic heterocycles. The van der Waals surface area contributed by atoms with Crippen molar-refractivity contribution in [2.75, 3.05) is 90.5 Å². The van der Waals surface area contributed by atoms with Crippen molar-refractivity contribution in [3.63, 3.8) is 0 Å². The molecule has 150 heavy (non-hydrogen) atoms. The van der Waals surface area contributed by atoms with Gasteiger partial charge in [0.25, 0.3) is 0 Å². The van der Waals surface area contributed by atoms with Gasteiger partial charge in [0.05, 0.1) is 64.4 Å². The molecule has 6 aromatic rings. The number of fused-ring (bicyclic) bond motifs is 3.